The summed E-state index contributed by atoms with van der Waals surface area (Å²) in [6.07, 6.45) is 2.67. The number of halogens is 1. The topological polar surface area (TPSA) is 165 Å². The molecule has 0 unspecified atom stereocenters. The summed E-state index contributed by atoms with van der Waals surface area (Å²) in [5.41, 5.74) is 6.70. The molecule has 2 atom stereocenters. The molecule has 0 aliphatic carbocycles. The molecule has 1 aliphatic heterocycles. The minimum atomic E-state index is -0.876. The first-order valence-corrected chi connectivity index (χ1v) is 18.1. The highest BCUT2D eigenvalue weighted by Crippen LogP contribution is 2.32. The van der Waals surface area contributed by atoms with Gasteiger partial charge in [-0.2, -0.15) is 0 Å². The van der Waals surface area contributed by atoms with E-state index in [0.717, 1.165) is 12.0 Å². The van der Waals surface area contributed by atoms with Gasteiger partial charge in [0.05, 0.1) is 60.3 Å². The summed E-state index contributed by atoms with van der Waals surface area (Å²) < 4.78 is 33.3. The number of piperidine rings is 1. The molecule has 1 aliphatic rings. The van der Waals surface area contributed by atoms with Crippen molar-refractivity contribution >= 4 is 41.7 Å². The Morgan fingerprint density at radius 3 is 2.25 bits per heavy atom. The fraction of sp³-hybridized carbons (Fsp3) is 0.590. The molecule has 0 radical (unpaired) electrons. The Labute approximate surface area is 319 Å². The number of ether oxygens (including phenoxy) is 6. The maximum absolute atomic E-state index is 13.9. The number of anilines is 1. The van der Waals surface area contributed by atoms with E-state index in [2.05, 4.69) is 5.32 Å². The van der Waals surface area contributed by atoms with E-state index >= 15 is 0 Å². The van der Waals surface area contributed by atoms with Crippen LogP contribution in [0.5, 0.6) is 11.5 Å². The van der Waals surface area contributed by atoms with Crippen LogP contribution in [0.4, 0.5) is 5.69 Å². The molecule has 3 N–H and O–H groups in total. The Balaban J connectivity index is 0.00000972. The number of hydrogen-bond acceptors (Lipinski definition) is 11. The van der Waals surface area contributed by atoms with Crippen LogP contribution in [0.2, 0.25) is 0 Å². The predicted octanol–water partition coefficient (Wildman–Crippen LogP) is 5.07. The zero-order valence-electron chi connectivity index (χ0n) is 31.8. The number of esters is 1. The van der Waals surface area contributed by atoms with Crippen molar-refractivity contribution in [1.82, 2.24) is 4.90 Å². The normalized spacial score (nSPS) is 14.8. The number of hydrogen-bond donors (Lipinski definition) is 2. The molecule has 2 aromatic carbocycles. The molecule has 0 spiro atoms. The van der Waals surface area contributed by atoms with Crippen LogP contribution < -0.4 is 20.5 Å². The lowest BCUT2D eigenvalue weighted by Gasteiger charge is -2.36. The second-order valence-electron chi connectivity index (χ2n) is 13.3. The van der Waals surface area contributed by atoms with Gasteiger partial charge in [0.15, 0.2) is 11.5 Å². The number of nitrogens with two attached hydrogens (primary N) is 1. The number of methoxy groups -OCH3 is 2. The first kappa shape index (κ1) is 45.4. The first-order chi connectivity index (χ1) is 25.0. The van der Waals surface area contributed by atoms with E-state index in [1.54, 1.807) is 46.3 Å². The van der Waals surface area contributed by atoms with E-state index < -0.39 is 35.2 Å². The molecule has 53 heavy (non-hydrogen) atoms. The standard InChI is InChI=1S/C39H57N3O10.ClH/c1-6-39(2,3)36(44)37(45)42-19-8-7-12-31(42)38(46)52-32(15-13-28-14-16-33(47-4)34(26-28)48-5)29-10-9-11-30(27-29)41-35(43)17-20-49-22-24-51-25-23-50-21-18-40;/h9-11,14,16,26-27,31-32H,6-8,12-13,15,17-25,40H2,1-5H3,(H,41,43);1H/t31-,32+;/m0./s1. The van der Waals surface area contributed by atoms with Crippen LogP contribution in [-0.4, -0.2) is 101 Å². The third kappa shape index (κ3) is 14.5. The van der Waals surface area contributed by atoms with E-state index in [1.807, 2.05) is 31.2 Å². The maximum Gasteiger partial charge on any atom is 0.329 e. The fourth-order valence-electron chi connectivity index (χ4n) is 5.68. The molecule has 1 saturated heterocycles. The fourth-order valence-corrected chi connectivity index (χ4v) is 5.68. The Morgan fingerprint density at radius 2 is 1.58 bits per heavy atom. The van der Waals surface area contributed by atoms with Crippen molar-refractivity contribution in [2.75, 3.05) is 72.3 Å². The average molecular weight is 764 g/mol. The van der Waals surface area contributed by atoms with E-state index in [4.69, 9.17) is 34.2 Å². The predicted molar refractivity (Wildman–Crippen MR) is 204 cm³/mol. The first-order valence-electron chi connectivity index (χ1n) is 18.1. The number of carbonyl (C=O) groups is 4. The number of ketones is 1. The van der Waals surface area contributed by atoms with Gasteiger partial charge in [0.2, 0.25) is 11.7 Å². The van der Waals surface area contributed by atoms with Gasteiger partial charge in [0.1, 0.15) is 12.1 Å². The number of carbonyl (C=O) groups excluding carboxylic acids is 4. The van der Waals surface area contributed by atoms with Gasteiger partial charge in [0.25, 0.3) is 5.91 Å². The molecule has 2 amide bonds. The average Bonchev–Trinajstić information content (AvgIpc) is 3.16. The SMILES string of the molecule is CCC(C)(C)C(=O)C(=O)N1CCCC[C@H]1C(=O)O[C@H](CCc1ccc(OC)c(OC)c1)c1cccc(NC(=O)CCOCCOCCOCCN)c1.Cl. The highest BCUT2D eigenvalue weighted by atomic mass is 35.5. The van der Waals surface area contributed by atoms with E-state index in [-0.39, 0.29) is 31.3 Å². The number of likely N-dealkylation sites (tertiary alicyclic amines) is 1. The lowest BCUT2D eigenvalue weighted by Crippen LogP contribution is -2.53. The molecule has 1 heterocycles. The maximum atomic E-state index is 13.9. The van der Waals surface area contributed by atoms with E-state index in [9.17, 15) is 19.2 Å². The molecular weight excluding hydrogens is 706 g/mol. The van der Waals surface area contributed by atoms with Gasteiger partial charge in [0, 0.05) is 24.2 Å². The summed E-state index contributed by atoms with van der Waals surface area (Å²) >= 11 is 0. The molecule has 0 saturated carbocycles. The van der Waals surface area contributed by atoms with Crippen LogP contribution in [0, 0.1) is 5.41 Å². The summed E-state index contributed by atoms with van der Waals surface area (Å²) in [6, 6.07) is 11.9. The quantitative estimate of drug-likeness (QED) is 0.0883. The van der Waals surface area contributed by atoms with Gasteiger partial charge in [-0.15, -0.1) is 12.4 Å². The summed E-state index contributed by atoms with van der Waals surface area (Å²) in [7, 11) is 3.14. The van der Waals surface area contributed by atoms with Crippen LogP contribution in [0.3, 0.4) is 0 Å². The molecular formula is C39H58ClN3O10. The third-order valence-electron chi connectivity index (χ3n) is 9.15. The molecule has 14 heteroatoms. The molecule has 0 bridgehead atoms. The van der Waals surface area contributed by atoms with Gasteiger partial charge in [-0.25, -0.2) is 4.79 Å². The number of amides is 2. The van der Waals surface area contributed by atoms with Gasteiger partial charge < -0.3 is 44.4 Å². The second kappa shape index (κ2) is 23.8. The Bertz CT molecular complexity index is 1460. The monoisotopic (exact) mass is 763 g/mol. The molecule has 13 nitrogen and oxygen atoms in total. The number of aryl methyl sites for hydroxylation is 1. The van der Waals surface area contributed by atoms with Crippen molar-refractivity contribution < 1.29 is 47.6 Å². The van der Waals surface area contributed by atoms with Crippen LogP contribution in [0.25, 0.3) is 0 Å². The number of nitrogens with one attached hydrogen (secondary N) is 1. The van der Waals surface area contributed by atoms with Crippen LogP contribution in [-0.2, 0) is 44.5 Å². The number of nitrogens with zero attached hydrogens (tertiary/aromatic N) is 1. The minimum absolute atomic E-state index is 0. The van der Waals surface area contributed by atoms with Crippen LogP contribution >= 0.6 is 12.4 Å². The highest BCUT2D eigenvalue weighted by Gasteiger charge is 2.41. The summed E-state index contributed by atoms with van der Waals surface area (Å²) in [4.78, 5) is 54.6. The van der Waals surface area contributed by atoms with E-state index in [1.165, 1.54) is 4.90 Å². The molecule has 3 rings (SSSR count). The van der Waals surface area contributed by atoms with Crippen molar-refractivity contribution in [3.63, 3.8) is 0 Å². The third-order valence-corrected chi connectivity index (χ3v) is 9.15. The Morgan fingerprint density at radius 1 is 0.906 bits per heavy atom. The molecule has 1 fully saturated rings. The van der Waals surface area contributed by atoms with Crippen molar-refractivity contribution in [3.05, 3.63) is 53.6 Å². The van der Waals surface area contributed by atoms with Crippen molar-refractivity contribution in [3.8, 4) is 11.5 Å². The largest absolute Gasteiger partial charge is 0.493 e. The van der Waals surface area contributed by atoms with Crippen molar-refractivity contribution in [2.45, 2.75) is 77.9 Å². The lowest BCUT2D eigenvalue weighted by molar-refractivity contribution is -0.164. The van der Waals surface area contributed by atoms with Crippen LogP contribution in [0.15, 0.2) is 42.5 Å². The summed E-state index contributed by atoms with van der Waals surface area (Å²) in [5.74, 6) is -0.771. The van der Waals surface area contributed by atoms with E-state index in [0.29, 0.717) is 101 Å². The van der Waals surface area contributed by atoms with Gasteiger partial charge in [-0.1, -0.05) is 39.0 Å². The Kier molecular flexibility index (Phi) is 20.4. The zero-order valence-corrected chi connectivity index (χ0v) is 32.6. The van der Waals surface area contributed by atoms with Crippen molar-refractivity contribution in [2.24, 2.45) is 11.1 Å². The van der Waals surface area contributed by atoms with Crippen molar-refractivity contribution in [1.29, 1.82) is 0 Å². The summed E-state index contributed by atoms with van der Waals surface area (Å²) in [5, 5.41) is 2.90. The van der Waals surface area contributed by atoms with Gasteiger partial charge in [-0.05, 0) is 73.9 Å². The second-order valence-corrected chi connectivity index (χ2v) is 13.3. The van der Waals surface area contributed by atoms with Gasteiger partial charge in [-0.3, -0.25) is 14.4 Å². The van der Waals surface area contributed by atoms with Gasteiger partial charge >= 0.3 is 5.97 Å². The molecule has 2 aromatic rings. The molecule has 296 valence electrons. The number of Topliss-reactive ketones (excluding diaryl/α,β-unsaturated/α-hetero) is 1. The lowest BCUT2D eigenvalue weighted by atomic mass is 9.84. The summed E-state index contributed by atoms with van der Waals surface area (Å²) in [6.45, 7) is 8.48. The zero-order chi connectivity index (χ0) is 37.9. The van der Waals surface area contributed by atoms with Crippen LogP contribution in [0.1, 0.15) is 76.5 Å². The number of benzene rings is 2. The minimum Gasteiger partial charge on any atom is -0.493 e. The molecule has 0 aromatic heterocycles. The smallest absolute Gasteiger partial charge is 0.329 e. The number of rotatable bonds is 23. The Hall–Kier alpha value is -3.75. The highest BCUT2D eigenvalue weighted by molar-refractivity contribution is 6.38.